The molecule has 0 amide bonds. The summed E-state index contributed by atoms with van der Waals surface area (Å²) < 4.78 is 15.8. The van der Waals surface area contributed by atoms with Crippen LogP contribution in [0.1, 0.15) is 156 Å². The first-order chi connectivity index (χ1) is 43.1. The summed E-state index contributed by atoms with van der Waals surface area (Å²) in [5.74, 6) is 6.20. The van der Waals surface area contributed by atoms with Crippen LogP contribution in [-0.4, -0.2) is 117 Å². The van der Waals surface area contributed by atoms with E-state index in [-0.39, 0.29) is 50.6 Å². The number of nitriles is 3. The maximum absolute atomic E-state index is 10.2. The molecule has 21 nitrogen and oxygen atoms in total. The third kappa shape index (κ3) is 19.2. The Hall–Kier alpha value is -8.71. The van der Waals surface area contributed by atoms with Gasteiger partial charge in [0.15, 0.2) is 11.5 Å². The van der Waals surface area contributed by atoms with Crippen LogP contribution in [0, 0.1) is 56.2 Å². The number of rotatable bonds is 22. The van der Waals surface area contributed by atoms with E-state index in [1.54, 1.807) is 38.7 Å². The number of hydrogen-bond donors (Lipinski definition) is 9. The third-order valence-corrected chi connectivity index (χ3v) is 18.0. The maximum Gasteiger partial charge on any atom is 0.224 e. The van der Waals surface area contributed by atoms with Crippen molar-refractivity contribution in [3.63, 3.8) is 0 Å². The average molecular weight is 1230 g/mol. The summed E-state index contributed by atoms with van der Waals surface area (Å²) in [5.41, 5.74) is 5.93. The number of anilines is 6. The molecule has 3 saturated carbocycles. The van der Waals surface area contributed by atoms with Crippen molar-refractivity contribution in [2.45, 2.75) is 169 Å². The molecule has 9 N–H and O–H groups in total. The molecule has 486 valence electrons. The molecule has 0 saturated heterocycles. The van der Waals surface area contributed by atoms with Crippen LogP contribution in [0.15, 0.2) is 79.3 Å². The normalized spacial score (nSPS) is 20.2. The molecule has 6 aromatic rings. The monoisotopic (exact) mass is 1230 g/mol. The number of methoxy groups -OCH3 is 3. The van der Waals surface area contributed by atoms with Gasteiger partial charge < -0.3 is 61.4 Å². The summed E-state index contributed by atoms with van der Waals surface area (Å²) in [5, 5.41) is 78.4. The van der Waals surface area contributed by atoms with Gasteiger partial charge in [-0.25, -0.2) is 15.0 Å². The Morgan fingerprint density at radius 2 is 0.978 bits per heavy atom. The first-order valence-corrected chi connectivity index (χ1v) is 31.4. The molecule has 0 radical (unpaired) electrons. The summed E-state index contributed by atoms with van der Waals surface area (Å²) in [7, 11) is 4.88. The van der Waals surface area contributed by atoms with Crippen LogP contribution in [0.5, 0.6) is 23.0 Å². The molecule has 3 aliphatic carbocycles. The lowest BCUT2D eigenvalue weighted by Crippen LogP contribution is -2.41. The van der Waals surface area contributed by atoms with Gasteiger partial charge in [-0.2, -0.15) is 30.7 Å². The van der Waals surface area contributed by atoms with Crippen LogP contribution in [-0.2, 0) is 25.7 Å². The van der Waals surface area contributed by atoms with E-state index < -0.39 is 0 Å². The molecule has 0 spiro atoms. The minimum atomic E-state index is -0.313. The summed E-state index contributed by atoms with van der Waals surface area (Å²) in [4.78, 5) is 26.5. The zero-order chi connectivity index (χ0) is 65.0. The van der Waals surface area contributed by atoms with Gasteiger partial charge in [0.1, 0.15) is 63.9 Å². The molecular weight excluding hydrogens is 1130 g/mol. The number of aromatic nitrogens is 6. The van der Waals surface area contributed by atoms with Gasteiger partial charge in [0.2, 0.25) is 17.8 Å². The summed E-state index contributed by atoms with van der Waals surface area (Å²) in [6, 6.07) is 26.5. The van der Waals surface area contributed by atoms with Gasteiger partial charge in [-0.1, -0.05) is 85.7 Å². The van der Waals surface area contributed by atoms with E-state index in [0.29, 0.717) is 95.8 Å². The number of ether oxygens (including phenoxy) is 3. The summed E-state index contributed by atoms with van der Waals surface area (Å²) in [6.07, 6.45) is 15.4. The van der Waals surface area contributed by atoms with Crippen molar-refractivity contribution in [2.75, 3.05) is 72.9 Å². The van der Waals surface area contributed by atoms with E-state index in [1.807, 2.05) is 30.3 Å². The SMILES string of the molecule is CCc1c(CCNc2ncc(C#N)c(N[C@@H]3CC[C@H](O)C(C)(C)C3)n2)cccc1OC.COc1cc(CCNc2ncc(C#N)c(N[C@@H]3CC[C@H](O)C(C)(C)C3)n2)ccc1O.COc1ccc(CCNc2ncc(C#N)c(N[C@@H]3CC[C@H](C)C(C)(C)C3)n2)cc1.[HH].[HH].[HH]. The van der Waals surface area contributed by atoms with Crippen LogP contribution in [0.25, 0.3) is 0 Å². The lowest BCUT2D eigenvalue weighted by Gasteiger charge is -2.41. The van der Waals surface area contributed by atoms with Gasteiger partial charge in [-0.3, -0.25) is 0 Å². The van der Waals surface area contributed by atoms with Crippen LogP contribution in [0.2, 0.25) is 0 Å². The van der Waals surface area contributed by atoms with Gasteiger partial charge in [-0.05, 0) is 158 Å². The van der Waals surface area contributed by atoms with Crippen LogP contribution < -0.4 is 46.1 Å². The first kappa shape index (κ1) is 68.8. The molecular formula is C69H99N15O6. The highest BCUT2D eigenvalue weighted by Crippen LogP contribution is 2.42. The molecule has 6 atom stereocenters. The first-order valence-electron chi connectivity index (χ1n) is 31.4. The molecule has 0 unspecified atom stereocenters. The number of benzene rings is 3. The second kappa shape index (κ2) is 32.2. The molecule has 21 heteroatoms. The fourth-order valence-corrected chi connectivity index (χ4v) is 12.0. The number of aliphatic hydroxyl groups is 2. The van der Waals surface area contributed by atoms with Crippen molar-refractivity contribution in [3.05, 3.63) is 118 Å². The Balaban J connectivity index is 0.000000293. The summed E-state index contributed by atoms with van der Waals surface area (Å²) in [6.45, 7) is 19.3. The van der Waals surface area contributed by atoms with Crippen molar-refractivity contribution in [1.29, 1.82) is 15.8 Å². The molecule has 3 heterocycles. The van der Waals surface area contributed by atoms with Crippen molar-refractivity contribution >= 4 is 35.3 Å². The second-order valence-electron chi connectivity index (χ2n) is 25.8. The van der Waals surface area contributed by atoms with E-state index >= 15 is 0 Å². The zero-order valence-electron chi connectivity index (χ0n) is 54.4. The van der Waals surface area contributed by atoms with E-state index in [4.69, 9.17) is 14.2 Å². The zero-order valence-corrected chi connectivity index (χ0v) is 54.4. The van der Waals surface area contributed by atoms with Crippen molar-refractivity contribution in [2.24, 2.45) is 22.2 Å². The fraction of sp³-hybridized carbons (Fsp3) is 0.522. The van der Waals surface area contributed by atoms with Gasteiger partial charge in [0.05, 0.1) is 52.1 Å². The lowest BCUT2D eigenvalue weighted by atomic mass is 9.68. The quantitative estimate of drug-likeness (QED) is 0.0305. The molecule has 0 bridgehead atoms. The smallest absolute Gasteiger partial charge is 0.224 e. The van der Waals surface area contributed by atoms with Crippen molar-refractivity contribution in [1.82, 2.24) is 29.9 Å². The Morgan fingerprint density at radius 1 is 0.544 bits per heavy atom. The largest absolute Gasteiger partial charge is 0.504 e. The number of hydrogen-bond acceptors (Lipinski definition) is 21. The highest BCUT2D eigenvalue weighted by molar-refractivity contribution is 5.56. The number of aromatic hydroxyl groups is 1. The topological polar surface area (TPSA) is 309 Å². The molecule has 0 aliphatic heterocycles. The molecule has 3 aliphatic rings. The van der Waals surface area contributed by atoms with Crippen molar-refractivity contribution in [3.8, 4) is 41.2 Å². The standard InChI is InChI=1S/C24H33N5O2.C23H31N5O.C22H29N5O3.3H2/c1-5-19-16(7-6-8-20(19)31-4)11-12-26-23-27-15-17(14-25)22(29-23)28-18-9-10-21(30)24(2,3)13-18;1-16-5-8-19(13-23(16,2)3)27-21-18(14-24)15-26-22(28-21)25-12-11-17-6-9-20(29-4)10-7-17;1-22(2)11-16(5-7-19(22)29)26-20-15(12-23)13-25-21(27-20)24-9-8-14-4-6-17(28)18(10-14)30-3;;;/h6-8,15,18,21,30H,5,9-13H2,1-4H3,(H2,26,27,28,29);6-7,9-10,15-16,19H,5,8,11-13H2,1-4H3,(H2,25,26,27,28);4,6,10,13,16,19,28-29H,5,7-9,11H2,1-3H3,(H2,24,25,26,27);3*1H/t18-,21+;2*16-,19+;;;/m101.../s1. The number of aliphatic hydroxyl groups excluding tert-OH is 2. The molecule has 3 aromatic carbocycles. The number of phenols is 1. The van der Waals surface area contributed by atoms with E-state index in [1.165, 1.54) is 36.4 Å². The Labute approximate surface area is 536 Å². The van der Waals surface area contributed by atoms with Gasteiger partial charge >= 0.3 is 0 Å². The van der Waals surface area contributed by atoms with Gasteiger partial charge in [0.25, 0.3) is 0 Å². The molecule has 3 fully saturated rings. The Morgan fingerprint density at radius 3 is 1.40 bits per heavy atom. The number of phenolic OH excluding ortho intramolecular Hbond substituents is 1. The highest BCUT2D eigenvalue weighted by atomic mass is 16.5. The predicted octanol–water partition coefficient (Wildman–Crippen LogP) is 12.4. The molecule has 9 rings (SSSR count). The molecule has 90 heavy (non-hydrogen) atoms. The molecule has 3 aromatic heterocycles. The predicted molar refractivity (Wildman–Crippen MR) is 359 cm³/mol. The Kier molecular flexibility index (Phi) is 24.6. The van der Waals surface area contributed by atoms with Crippen LogP contribution in [0.3, 0.4) is 0 Å². The van der Waals surface area contributed by atoms with Gasteiger partial charge in [0, 0.05) is 42.0 Å². The van der Waals surface area contributed by atoms with Crippen LogP contribution in [0.4, 0.5) is 35.3 Å². The van der Waals surface area contributed by atoms with E-state index in [0.717, 1.165) is 87.7 Å². The maximum atomic E-state index is 10.2. The minimum Gasteiger partial charge on any atom is -0.504 e. The Bertz CT molecular complexity index is 3450. The lowest BCUT2D eigenvalue weighted by molar-refractivity contribution is 0.00924. The van der Waals surface area contributed by atoms with Crippen molar-refractivity contribution < 1.29 is 33.8 Å². The van der Waals surface area contributed by atoms with Crippen LogP contribution >= 0.6 is 0 Å². The number of nitrogens with zero attached hydrogens (tertiary/aromatic N) is 9. The average Bonchev–Trinajstić information content (AvgIpc) is 2.65. The highest BCUT2D eigenvalue weighted by Gasteiger charge is 2.38. The van der Waals surface area contributed by atoms with E-state index in [2.05, 4.69) is 154 Å². The fourth-order valence-electron chi connectivity index (χ4n) is 12.0. The second-order valence-corrected chi connectivity index (χ2v) is 25.8. The van der Waals surface area contributed by atoms with E-state index in [9.17, 15) is 31.1 Å². The third-order valence-electron chi connectivity index (χ3n) is 18.0. The summed E-state index contributed by atoms with van der Waals surface area (Å²) >= 11 is 0. The van der Waals surface area contributed by atoms with Gasteiger partial charge in [-0.15, -0.1) is 0 Å². The number of nitrogens with one attached hydrogen (secondary N) is 6. The minimum absolute atomic E-state index is 0.